The van der Waals surface area contributed by atoms with Gasteiger partial charge in [-0.1, -0.05) is 6.07 Å². The highest BCUT2D eigenvalue weighted by Crippen LogP contribution is 2.23. The minimum absolute atomic E-state index is 0.0653. The normalized spacial score (nSPS) is 21.2. The minimum Gasteiger partial charge on any atom is -0.354 e. The molecule has 0 spiro atoms. The molecule has 2 fully saturated rings. The summed E-state index contributed by atoms with van der Waals surface area (Å²) in [5.74, 6) is 1.77. The number of anilines is 1. The third kappa shape index (κ3) is 2.81. The first-order valence-corrected chi connectivity index (χ1v) is 8.49. The Morgan fingerprint density at radius 3 is 2.88 bits per heavy atom. The van der Waals surface area contributed by atoms with Gasteiger partial charge in [0, 0.05) is 32.4 Å². The number of aromatic nitrogens is 3. The highest BCUT2D eigenvalue weighted by Gasteiger charge is 2.31. The molecule has 2 amide bonds. The van der Waals surface area contributed by atoms with Crippen LogP contribution in [0, 0.1) is 6.92 Å². The molecule has 7 heteroatoms. The maximum Gasteiger partial charge on any atom is 0.317 e. The van der Waals surface area contributed by atoms with Gasteiger partial charge in [-0.15, -0.1) is 0 Å². The van der Waals surface area contributed by atoms with E-state index in [1.807, 2.05) is 42.4 Å². The Kier molecular flexibility index (Phi) is 3.84. The van der Waals surface area contributed by atoms with Gasteiger partial charge < -0.3 is 15.1 Å². The molecule has 1 atom stereocenters. The molecule has 4 heterocycles. The number of carbonyl (C=O) groups excluding carboxylic acids is 1. The Hall–Kier alpha value is -2.57. The second-order valence-corrected chi connectivity index (χ2v) is 6.48. The zero-order valence-corrected chi connectivity index (χ0v) is 13.9. The lowest BCUT2D eigenvalue weighted by Crippen LogP contribution is -2.49. The minimum atomic E-state index is 0.0653. The molecule has 2 aliphatic rings. The molecule has 2 saturated heterocycles. The first-order chi connectivity index (χ1) is 11.7. The highest BCUT2D eigenvalue weighted by molar-refractivity contribution is 5.76. The van der Waals surface area contributed by atoms with Gasteiger partial charge in [-0.2, -0.15) is 5.10 Å². The summed E-state index contributed by atoms with van der Waals surface area (Å²) in [5.41, 5.74) is 1.11. The fraction of sp³-hybridized carbons (Fsp3) is 0.471. The molecule has 2 aromatic rings. The fourth-order valence-electron chi connectivity index (χ4n) is 3.51. The van der Waals surface area contributed by atoms with Gasteiger partial charge in [0.2, 0.25) is 0 Å². The number of nitrogens with zero attached hydrogens (tertiary/aromatic N) is 5. The van der Waals surface area contributed by atoms with Crippen molar-refractivity contribution in [2.75, 3.05) is 31.1 Å². The van der Waals surface area contributed by atoms with Crippen LogP contribution in [0.15, 0.2) is 30.6 Å². The molecule has 2 aromatic heterocycles. The Balaban J connectivity index is 1.54. The lowest BCUT2D eigenvalue weighted by atomic mass is 10.0. The van der Waals surface area contributed by atoms with Crippen molar-refractivity contribution >= 4 is 11.8 Å². The third-order valence-corrected chi connectivity index (χ3v) is 4.72. The summed E-state index contributed by atoms with van der Waals surface area (Å²) in [7, 11) is 0. The van der Waals surface area contributed by atoms with Gasteiger partial charge in [0.25, 0.3) is 0 Å². The molecule has 0 aromatic carbocycles. The van der Waals surface area contributed by atoms with Gasteiger partial charge in [0.1, 0.15) is 5.82 Å². The highest BCUT2D eigenvalue weighted by atomic mass is 16.2. The van der Waals surface area contributed by atoms with Crippen LogP contribution in [0.4, 0.5) is 10.6 Å². The van der Waals surface area contributed by atoms with E-state index in [4.69, 9.17) is 4.98 Å². The lowest BCUT2D eigenvalue weighted by molar-refractivity contribution is 0.189. The van der Waals surface area contributed by atoms with Crippen LogP contribution in [0.25, 0.3) is 5.82 Å². The van der Waals surface area contributed by atoms with Gasteiger partial charge in [-0.05, 0) is 37.5 Å². The van der Waals surface area contributed by atoms with E-state index in [0.717, 1.165) is 56.2 Å². The van der Waals surface area contributed by atoms with E-state index in [-0.39, 0.29) is 12.1 Å². The van der Waals surface area contributed by atoms with E-state index in [1.54, 1.807) is 4.68 Å². The number of carbonyl (C=O) groups is 1. The molecule has 4 rings (SSSR count). The van der Waals surface area contributed by atoms with Gasteiger partial charge in [-0.3, -0.25) is 0 Å². The van der Waals surface area contributed by atoms with E-state index in [1.165, 1.54) is 0 Å². The van der Waals surface area contributed by atoms with E-state index in [9.17, 15) is 4.79 Å². The van der Waals surface area contributed by atoms with Crippen LogP contribution in [0.3, 0.4) is 0 Å². The molecule has 24 heavy (non-hydrogen) atoms. The number of hydrogen-bond donors (Lipinski definition) is 1. The van der Waals surface area contributed by atoms with Crippen LogP contribution in [0.1, 0.15) is 18.4 Å². The number of hydrogen-bond acceptors (Lipinski definition) is 4. The van der Waals surface area contributed by atoms with Crippen LogP contribution < -0.4 is 10.2 Å². The van der Waals surface area contributed by atoms with Crippen LogP contribution in [0.5, 0.6) is 0 Å². The molecule has 2 aliphatic heterocycles. The molecule has 126 valence electrons. The van der Waals surface area contributed by atoms with Crippen LogP contribution in [-0.2, 0) is 0 Å². The Labute approximate surface area is 141 Å². The Bertz CT molecular complexity index is 742. The number of urea groups is 1. The topological polar surface area (TPSA) is 66.3 Å². The predicted molar refractivity (Wildman–Crippen MR) is 91.4 cm³/mol. The number of nitrogens with one attached hydrogen (secondary N) is 1. The van der Waals surface area contributed by atoms with Gasteiger partial charge in [-0.25, -0.2) is 14.5 Å². The number of aryl methyl sites for hydroxylation is 1. The molecule has 0 unspecified atom stereocenters. The first-order valence-electron chi connectivity index (χ1n) is 8.49. The Morgan fingerprint density at radius 2 is 2.12 bits per heavy atom. The molecule has 7 nitrogen and oxygen atoms in total. The number of pyridine rings is 1. The average Bonchev–Trinajstić information content (AvgIpc) is 3.23. The van der Waals surface area contributed by atoms with Crippen molar-refractivity contribution in [1.29, 1.82) is 0 Å². The van der Waals surface area contributed by atoms with Crippen molar-refractivity contribution in [2.45, 2.75) is 25.8 Å². The molecule has 0 saturated carbocycles. The quantitative estimate of drug-likeness (QED) is 0.930. The van der Waals surface area contributed by atoms with Gasteiger partial charge >= 0.3 is 6.03 Å². The number of amides is 2. The third-order valence-electron chi connectivity index (χ3n) is 4.72. The maximum atomic E-state index is 11.9. The summed E-state index contributed by atoms with van der Waals surface area (Å²) in [5, 5.41) is 7.23. The monoisotopic (exact) mass is 326 g/mol. The average molecular weight is 326 g/mol. The summed E-state index contributed by atoms with van der Waals surface area (Å²) in [6.07, 6.45) is 5.93. The second-order valence-electron chi connectivity index (χ2n) is 6.48. The van der Waals surface area contributed by atoms with Crippen molar-refractivity contribution in [3.05, 3.63) is 36.2 Å². The largest absolute Gasteiger partial charge is 0.354 e. The van der Waals surface area contributed by atoms with Crippen LogP contribution in [-0.4, -0.2) is 57.9 Å². The summed E-state index contributed by atoms with van der Waals surface area (Å²) >= 11 is 0. The fourth-order valence-corrected chi connectivity index (χ4v) is 3.51. The van der Waals surface area contributed by atoms with E-state index < -0.39 is 0 Å². The van der Waals surface area contributed by atoms with E-state index in [0.29, 0.717) is 0 Å². The van der Waals surface area contributed by atoms with Crippen molar-refractivity contribution < 1.29 is 4.79 Å². The molecule has 0 aliphatic carbocycles. The van der Waals surface area contributed by atoms with Crippen LogP contribution >= 0.6 is 0 Å². The summed E-state index contributed by atoms with van der Waals surface area (Å²) in [4.78, 5) is 20.9. The summed E-state index contributed by atoms with van der Waals surface area (Å²) < 4.78 is 1.80. The van der Waals surface area contributed by atoms with E-state index >= 15 is 0 Å². The summed E-state index contributed by atoms with van der Waals surface area (Å²) in [6, 6.07) is 6.34. The van der Waals surface area contributed by atoms with Crippen molar-refractivity contribution in [3.8, 4) is 5.82 Å². The standard InChI is InChI=1S/C17H22N6O/c1-13-10-19-23(11-13)16-6-2-5-15(20-16)21-8-3-4-14(12-21)22-9-7-18-17(22)24/h2,5-6,10-11,14H,3-4,7-9,12H2,1H3,(H,18,24)/t14-/m0/s1. The predicted octanol–water partition coefficient (Wildman–Crippen LogP) is 1.57. The first kappa shape index (κ1) is 15.0. The van der Waals surface area contributed by atoms with Crippen molar-refractivity contribution in [2.24, 2.45) is 0 Å². The maximum absolute atomic E-state index is 11.9. The lowest BCUT2D eigenvalue weighted by Gasteiger charge is -2.37. The number of piperidine rings is 1. The van der Waals surface area contributed by atoms with Crippen molar-refractivity contribution in [3.63, 3.8) is 0 Å². The zero-order chi connectivity index (χ0) is 16.5. The van der Waals surface area contributed by atoms with Gasteiger partial charge in [0.05, 0.1) is 12.2 Å². The van der Waals surface area contributed by atoms with Crippen LogP contribution in [0.2, 0.25) is 0 Å². The summed E-state index contributed by atoms with van der Waals surface area (Å²) in [6.45, 7) is 5.38. The van der Waals surface area contributed by atoms with Crippen molar-refractivity contribution in [1.82, 2.24) is 25.0 Å². The number of rotatable bonds is 3. The molecule has 0 radical (unpaired) electrons. The smallest absolute Gasteiger partial charge is 0.317 e. The van der Waals surface area contributed by atoms with E-state index in [2.05, 4.69) is 15.3 Å². The van der Waals surface area contributed by atoms with Gasteiger partial charge in [0.15, 0.2) is 5.82 Å². The zero-order valence-electron chi connectivity index (χ0n) is 13.9. The molecule has 0 bridgehead atoms. The molecule has 1 N–H and O–H groups in total. The molecular weight excluding hydrogens is 304 g/mol. The SMILES string of the molecule is Cc1cnn(-c2cccc(N3CCC[C@H](N4CCNC4=O)C3)n2)c1. The second kappa shape index (κ2) is 6.14. The Morgan fingerprint density at radius 1 is 1.25 bits per heavy atom. The molecular formula is C17H22N6O.